The van der Waals surface area contributed by atoms with Crippen LogP contribution in [0.3, 0.4) is 0 Å². The van der Waals surface area contributed by atoms with E-state index in [-0.39, 0.29) is 17.6 Å². The van der Waals surface area contributed by atoms with E-state index < -0.39 is 17.1 Å². The van der Waals surface area contributed by atoms with Crippen LogP contribution in [-0.4, -0.2) is 48.8 Å². The van der Waals surface area contributed by atoms with Crippen molar-refractivity contribution < 1.29 is 28.6 Å². The number of amides is 3. The SMILES string of the molecule is CC[C@H](C)Oc1c(I)cc(/C=C2/SC(=O)N(CC(=O)Nc3ccc(OC)cc3)C2=O)cc1OC. The van der Waals surface area contributed by atoms with Gasteiger partial charge in [-0.2, -0.15) is 0 Å². The van der Waals surface area contributed by atoms with Crippen molar-refractivity contribution in [2.24, 2.45) is 0 Å². The van der Waals surface area contributed by atoms with Crippen molar-refractivity contribution in [3.8, 4) is 17.2 Å². The zero-order valence-electron chi connectivity index (χ0n) is 19.2. The maximum atomic E-state index is 12.8. The van der Waals surface area contributed by atoms with E-state index in [0.29, 0.717) is 28.5 Å². The van der Waals surface area contributed by atoms with Crippen molar-refractivity contribution >= 4 is 63.2 Å². The van der Waals surface area contributed by atoms with Crippen LogP contribution in [0.5, 0.6) is 17.2 Å². The lowest BCUT2D eigenvalue weighted by Crippen LogP contribution is -2.36. The van der Waals surface area contributed by atoms with E-state index in [0.717, 1.165) is 26.7 Å². The van der Waals surface area contributed by atoms with Gasteiger partial charge in [0.15, 0.2) is 11.5 Å². The number of ether oxygens (including phenoxy) is 3. The van der Waals surface area contributed by atoms with Crippen LogP contribution in [-0.2, 0) is 9.59 Å². The second-order valence-corrected chi connectivity index (χ2v) is 9.57. The van der Waals surface area contributed by atoms with Crippen molar-refractivity contribution in [1.82, 2.24) is 4.90 Å². The summed E-state index contributed by atoms with van der Waals surface area (Å²) in [5.74, 6) is 0.833. The topological polar surface area (TPSA) is 94.2 Å². The minimum Gasteiger partial charge on any atom is -0.497 e. The molecule has 10 heteroatoms. The Morgan fingerprint density at radius 1 is 1.18 bits per heavy atom. The standard InChI is InChI=1S/C24H25IN2O6S/c1-5-14(2)33-22-18(25)10-15(11-19(22)32-4)12-20-23(29)27(24(30)34-20)13-21(28)26-16-6-8-17(31-3)9-7-16/h6-12,14H,5,13H2,1-4H3,(H,26,28)/b20-12+/t14-/m0/s1. The first-order chi connectivity index (χ1) is 16.2. The number of carbonyl (C=O) groups excluding carboxylic acids is 3. The highest BCUT2D eigenvalue weighted by Gasteiger charge is 2.36. The molecule has 1 fully saturated rings. The average Bonchev–Trinajstić information content (AvgIpc) is 3.08. The van der Waals surface area contributed by atoms with Gasteiger partial charge in [0.05, 0.1) is 28.8 Å². The lowest BCUT2D eigenvalue weighted by Gasteiger charge is -2.17. The third-order valence-corrected chi connectivity index (χ3v) is 6.70. The highest BCUT2D eigenvalue weighted by atomic mass is 127. The molecular weight excluding hydrogens is 571 g/mol. The first-order valence-corrected chi connectivity index (χ1v) is 12.4. The lowest BCUT2D eigenvalue weighted by atomic mass is 10.1. The molecule has 3 rings (SSSR count). The van der Waals surface area contributed by atoms with Crippen LogP contribution in [0.15, 0.2) is 41.3 Å². The zero-order chi connectivity index (χ0) is 24.8. The molecule has 2 aromatic rings. The highest BCUT2D eigenvalue weighted by Crippen LogP contribution is 2.38. The van der Waals surface area contributed by atoms with Gasteiger partial charge in [0, 0.05) is 5.69 Å². The molecule has 1 aliphatic rings. The number of thioether (sulfide) groups is 1. The molecule has 1 N–H and O–H groups in total. The summed E-state index contributed by atoms with van der Waals surface area (Å²) in [5, 5.41) is 2.17. The maximum absolute atomic E-state index is 12.8. The number of hydrogen-bond donors (Lipinski definition) is 1. The summed E-state index contributed by atoms with van der Waals surface area (Å²) >= 11 is 2.95. The summed E-state index contributed by atoms with van der Waals surface area (Å²) in [6.45, 7) is 3.63. The normalized spacial score (nSPS) is 15.4. The molecule has 2 aromatic carbocycles. The molecule has 1 heterocycles. The minimum atomic E-state index is -0.520. The largest absolute Gasteiger partial charge is 0.497 e. The van der Waals surface area contributed by atoms with E-state index in [2.05, 4.69) is 27.9 Å². The molecule has 0 aliphatic carbocycles. The smallest absolute Gasteiger partial charge is 0.294 e. The summed E-state index contributed by atoms with van der Waals surface area (Å²) in [5.41, 5.74) is 1.22. The van der Waals surface area contributed by atoms with E-state index in [1.807, 2.05) is 19.9 Å². The van der Waals surface area contributed by atoms with Crippen LogP contribution in [0.1, 0.15) is 25.8 Å². The average molecular weight is 596 g/mol. The van der Waals surface area contributed by atoms with Crippen LogP contribution >= 0.6 is 34.4 Å². The van der Waals surface area contributed by atoms with Crippen LogP contribution in [0.2, 0.25) is 0 Å². The van der Waals surface area contributed by atoms with Crippen LogP contribution in [0.4, 0.5) is 10.5 Å². The van der Waals surface area contributed by atoms with Crippen molar-refractivity contribution in [1.29, 1.82) is 0 Å². The number of carbonyl (C=O) groups is 3. The molecule has 0 spiro atoms. The molecule has 1 atom stereocenters. The molecular formula is C24H25IN2O6S. The number of nitrogens with zero attached hydrogens (tertiary/aromatic N) is 1. The molecule has 8 nitrogen and oxygen atoms in total. The fourth-order valence-corrected chi connectivity index (χ4v) is 4.62. The molecule has 3 amide bonds. The van der Waals surface area contributed by atoms with Crippen molar-refractivity contribution in [2.45, 2.75) is 26.4 Å². The number of anilines is 1. The summed E-state index contributed by atoms with van der Waals surface area (Å²) in [6, 6.07) is 10.4. The monoisotopic (exact) mass is 596 g/mol. The fraction of sp³-hybridized carbons (Fsp3) is 0.292. The molecule has 0 saturated carbocycles. The Kier molecular flexibility index (Phi) is 8.84. The first-order valence-electron chi connectivity index (χ1n) is 10.5. The predicted octanol–water partition coefficient (Wildman–Crippen LogP) is 5.16. The van der Waals surface area contributed by atoms with Gasteiger partial charge < -0.3 is 19.5 Å². The Morgan fingerprint density at radius 3 is 2.50 bits per heavy atom. The highest BCUT2D eigenvalue weighted by molar-refractivity contribution is 14.1. The summed E-state index contributed by atoms with van der Waals surface area (Å²) in [4.78, 5) is 38.9. The third kappa shape index (κ3) is 6.23. The van der Waals surface area contributed by atoms with Crippen LogP contribution < -0.4 is 19.5 Å². The van der Waals surface area contributed by atoms with Gasteiger partial charge in [-0.25, -0.2) is 0 Å². The second kappa shape index (κ2) is 11.6. The summed E-state index contributed by atoms with van der Waals surface area (Å²) < 4.78 is 17.4. The fourth-order valence-electron chi connectivity index (χ4n) is 3.03. The Hall–Kier alpha value is -2.73. The van der Waals surface area contributed by atoms with Gasteiger partial charge in [-0.1, -0.05) is 6.92 Å². The number of nitrogens with one attached hydrogen (secondary N) is 1. The Morgan fingerprint density at radius 2 is 1.88 bits per heavy atom. The summed E-state index contributed by atoms with van der Waals surface area (Å²) in [6.07, 6.45) is 2.48. The molecule has 0 aromatic heterocycles. The van der Waals surface area contributed by atoms with Gasteiger partial charge >= 0.3 is 0 Å². The first kappa shape index (κ1) is 25.9. The van der Waals surface area contributed by atoms with Crippen molar-refractivity contribution in [2.75, 3.05) is 26.1 Å². The third-order valence-electron chi connectivity index (χ3n) is 4.99. The predicted molar refractivity (Wildman–Crippen MR) is 140 cm³/mol. The van der Waals surface area contributed by atoms with Gasteiger partial charge in [0.25, 0.3) is 11.1 Å². The van der Waals surface area contributed by atoms with Crippen LogP contribution in [0, 0.1) is 3.57 Å². The van der Waals surface area contributed by atoms with Gasteiger partial charge in [-0.3, -0.25) is 19.3 Å². The second-order valence-electron chi connectivity index (χ2n) is 7.42. The van der Waals surface area contributed by atoms with Gasteiger partial charge in [0.1, 0.15) is 12.3 Å². The van der Waals surface area contributed by atoms with Crippen molar-refractivity contribution in [3.63, 3.8) is 0 Å². The number of imide groups is 1. The van der Waals surface area contributed by atoms with E-state index in [1.54, 1.807) is 50.6 Å². The Bertz CT molecular complexity index is 1120. The van der Waals surface area contributed by atoms with Gasteiger partial charge in [0.2, 0.25) is 5.91 Å². The zero-order valence-corrected chi connectivity index (χ0v) is 22.2. The molecule has 0 unspecified atom stereocenters. The molecule has 1 saturated heterocycles. The lowest BCUT2D eigenvalue weighted by molar-refractivity contribution is -0.127. The van der Waals surface area contributed by atoms with Gasteiger partial charge in [-0.05, 0) is 95.7 Å². The van der Waals surface area contributed by atoms with E-state index in [1.165, 1.54) is 0 Å². The Balaban J connectivity index is 1.73. The number of benzene rings is 2. The molecule has 34 heavy (non-hydrogen) atoms. The number of methoxy groups -OCH3 is 2. The quantitative estimate of drug-likeness (QED) is 0.316. The number of rotatable bonds is 9. The van der Waals surface area contributed by atoms with Gasteiger partial charge in [-0.15, -0.1) is 0 Å². The van der Waals surface area contributed by atoms with E-state index in [9.17, 15) is 14.4 Å². The molecule has 0 bridgehead atoms. The Labute approximate surface area is 216 Å². The number of hydrogen-bond acceptors (Lipinski definition) is 7. The maximum Gasteiger partial charge on any atom is 0.294 e. The molecule has 180 valence electrons. The van der Waals surface area contributed by atoms with E-state index >= 15 is 0 Å². The summed E-state index contributed by atoms with van der Waals surface area (Å²) in [7, 11) is 3.10. The molecule has 0 radical (unpaired) electrons. The number of halogens is 1. The van der Waals surface area contributed by atoms with Crippen molar-refractivity contribution in [3.05, 3.63) is 50.4 Å². The minimum absolute atomic E-state index is 0.0221. The van der Waals surface area contributed by atoms with E-state index in [4.69, 9.17) is 14.2 Å². The molecule has 1 aliphatic heterocycles. The van der Waals surface area contributed by atoms with Crippen LogP contribution in [0.25, 0.3) is 6.08 Å².